The number of hydrogen-bond acceptors (Lipinski definition) is 3. The minimum absolute atomic E-state index is 0. The summed E-state index contributed by atoms with van der Waals surface area (Å²) in [5.41, 5.74) is 7.73. The molecule has 0 spiro atoms. The summed E-state index contributed by atoms with van der Waals surface area (Å²) >= 11 is 6.06. The summed E-state index contributed by atoms with van der Waals surface area (Å²) in [7, 11) is 0. The molecule has 0 aliphatic heterocycles. The van der Waals surface area contributed by atoms with E-state index in [0.29, 0.717) is 28.2 Å². The van der Waals surface area contributed by atoms with Crippen molar-refractivity contribution < 1.29 is 9.21 Å². The smallest absolute Gasteiger partial charge is 0.287 e. The van der Waals surface area contributed by atoms with Gasteiger partial charge < -0.3 is 15.5 Å². The number of fused-ring (bicyclic) bond motifs is 3. The Balaban J connectivity index is 0.00000182. The Kier molecular flexibility index (Phi) is 5.33. The molecule has 0 radical (unpaired) electrons. The summed E-state index contributed by atoms with van der Waals surface area (Å²) in [6, 6.07) is 5.95. The number of furan rings is 1. The predicted molar refractivity (Wildman–Crippen MR) is 103 cm³/mol. The third-order valence-corrected chi connectivity index (χ3v) is 6.01. The molecule has 1 amide bonds. The predicted octanol–water partition coefficient (Wildman–Crippen LogP) is 4.45. The van der Waals surface area contributed by atoms with Gasteiger partial charge in [-0.2, -0.15) is 0 Å². The molecule has 2 atom stereocenters. The van der Waals surface area contributed by atoms with Gasteiger partial charge in [-0.1, -0.05) is 18.0 Å². The van der Waals surface area contributed by atoms with Crippen molar-refractivity contribution in [1.82, 2.24) is 5.32 Å². The Labute approximate surface area is 158 Å². The third-order valence-electron chi connectivity index (χ3n) is 5.78. The highest BCUT2D eigenvalue weighted by Crippen LogP contribution is 2.40. The van der Waals surface area contributed by atoms with Crippen molar-refractivity contribution in [2.75, 3.05) is 0 Å². The van der Waals surface area contributed by atoms with Gasteiger partial charge in [0.1, 0.15) is 5.58 Å². The minimum Gasteiger partial charge on any atom is -0.451 e. The van der Waals surface area contributed by atoms with E-state index in [0.717, 1.165) is 36.6 Å². The van der Waals surface area contributed by atoms with Crippen molar-refractivity contribution in [3.8, 4) is 0 Å². The lowest BCUT2D eigenvalue weighted by Gasteiger charge is -2.45. The molecule has 1 heterocycles. The van der Waals surface area contributed by atoms with Crippen molar-refractivity contribution in [2.45, 2.75) is 51.1 Å². The number of carbonyl (C=O) groups is 1. The molecule has 1 aromatic heterocycles. The number of benzene rings is 1. The van der Waals surface area contributed by atoms with Crippen LogP contribution in [0.3, 0.4) is 0 Å². The van der Waals surface area contributed by atoms with Gasteiger partial charge in [0.05, 0.1) is 0 Å². The molecule has 2 fully saturated rings. The van der Waals surface area contributed by atoms with Gasteiger partial charge in [0.2, 0.25) is 0 Å². The van der Waals surface area contributed by atoms with Gasteiger partial charge in [0.25, 0.3) is 5.91 Å². The maximum absolute atomic E-state index is 12.8. The van der Waals surface area contributed by atoms with Crippen LogP contribution in [0.4, 0.5) is 0 Å². The number of aryl methyl sites for hydroxylation is 1. The number of rotatable bonds is 2. The van der Waals surface area contributed by atoms with Crippen LogP contribution in [0, 0.1) is 18.8 Å². The zero-order valence-corrected chi connectivity index (χ0v) is 15.8. The zero-order chi connectivity index (χ0) is 16.8. The molecule has 6 heteroatoms. The Morgan fingerprint density at radius 2 is 1.96 bits per heavy atom. The topological polar surface area (TPSA) is 68.3 Å². The number of hydrogen-bond donors (Lipinski definition) is 2. The first-order chi connectivity index (χ1) is 11.5. The normalized spacial score (nSPS) is 28.4. The van der Waals surface area contributed by atoms with Crippen LogP contribution in [0.1, 0.15) is 48.2 Å². The highest BCUT2D eigenvalue weighted by molar-refractivity contribution is 6.31. The van der Waals surface area contributed by atoms with Crippen molar-refractivity contribution >= 4 is 40.9 Å². The maximum atomic E-state index is 12.8. The second kappa shape index (κ2) is 7.18. The molecule has 3 N–H and O–H groups in total. The van der Waals surface area contributed by atoms with Crippen LogP contribution >= 0.6 is 24.0 Å². The lowest BCUT2D eigenvalue weighted by molar-refractivity contribution is 0.0733. The first kappa shape index (κ1) is 18.6. The summed E-state index contributed by atoms with van der Waals surface area (Å²) in [4.78, 5) is 12.8. The average molecular weight is 383 g/mol. The van der Waals surface area contributed by atoms with Crippen LogP contribution in [0.15, 0.2) is 22.6 Å². The summed E-state index contributed by atoms with van der Waals surface area (Å²) in [6.07, 6.45) is 5.58. The van der Waals surface area contributed by atoms with Gasteiger partial charge in [-0.15, -0.1) is 12.4 Å². The van der Waals surface area contributed by atoms with E-state index in [1.807, 2.05) is 19.1 Å². The van der Waals surface area contributed by atoms with Crippen molar-refractivity contribution in [3.63, 3.8) is 0 Å². The quantitative estimate of drug-likeness (QED) is 0.805. The largest absolute Gasteiger partial charge is 0.451 e. The van der Waals surface area contributed by atoms with Crippen LogP contribution in [-0.2, 0) is 0 Å². The lowest BCUT2D eigenvalue weighted by Crippen LogP contribution is -2.53. The second-order valence-electron chi connectivity index (χ2n) is 7.38. The number of nitrogens with two attached hydrogens (primary N) is 1. The van der Waals surface area contributed by atoms with Crippen LogP contribution in [-0.4, -0.2) is 18.0 Å². The van der Waals surface area contributed by atoms with Crippen molar-refractivity contribution in [1.29, 1.82) is 0 Å². The highest BCUT2D eigenvalue weighted by Gasteiger charge is 2.40. The molecule has 4 nitrogen and oxygen atoms in total. The Morgan fingerprint density at radius 1 is 1.28 bits per heavy atom. The second-order valence-corrected chi connectivity index (χ2v) is 7.81. The highest BCUT2D eigenvalue weighted by atomic mass is 35.5. The zero-order valence-electron chi connectivity index (χ0n) is 14.3. The number of nitrogens with one attached hydrogen (secondary N) is 1. The van der Waals surface area contributed by atoms with Gasteiger partial charge in [-0.05, 0) is 62.6 Å². The van der Waals surface area contributed by atoms with E-state index in [1.54, 1.807) is 6.07 Å². The van der Waals surface area contributed by atoms with E-state index in [9.17, 15) is 4.79 Å². The van der Waals surface area contributed by atoms with Gasteiger partial charge in [0.15, 0.2) is 5.76 Å². The van der Waals surface area contributed by atoms with Crippen molar-refractivity contribution in [2.24, 2.45) is 17.6 Å². The third kappa shape index (κ3) is 3.40. The number of halogens is 2. The Hall–Kier alpha value is -1.23. The van der Waals surface area contributed by atoms with Crippen LogP contribution in [0.2, 0.25) is 5.02 Å². The molecule has 4 rings (SSSR count). The first-order valence-electron chi connectivity index (χ1n) is 8.78. The summed E-state index contributed by atoms with van der Waals surface area (Å²) in [6.45, 7) is 1.91. The molecule has 2 aliphatic rings. The van der Waals surface area contributed by atoms with Gasteiger partial charge in [-0.3, -0.25) is 4.79 Å². The number of carbonyl (C=O) groups excluding carboxylic acids is 1. The summed E-state index contributed by atoms with van der Waals surface area (Å²) < 4.78 is 5.81. The standard InChI is InChI=1S/C19H23ClN2O2.ClH/c1-10-15-9-13(20)5-6-16(15)24-18(10)19(23)22-17-11-3-2-4-12(17)8-14(21)7-11;/h5-6,9,11-12,14,17H,2-4,7-8,21H2,1H3,(H,22,23);1H. The molecule has 0 saturated heterocycles. The summed E-state index contributed by atoms with van der Waals surface area (Å²) in [5.74, 6) is 1.28. The Bertz CT molecular complexity index is 775. The minimum atomic E-state index is -0.114. The molecule has 136 valence electrons. The van der Waals surface area contributed by atoms with E-state index in [2.05, 4.69) is 5.32 Å². The van der Waals surface area contributed by atoms with E-state index in [4.69, 9.17) is 21.8 Å². The van der Waals surface area contributed by atoms with E-state index in [1.165, 1.54) is 6.42 Å². The fraction of sp³-hybridized carbons (Fsp3) is 0.526. The lowest BCUT2D eigenvalue weighted by atomic mass is 9.67. The molecule has 2 unspecified atom stereocenters. The SMILES string of the molecule is Cc1c(C(=O)NC2C3CCCC2CC(N)C3)oc2ccc(Cl)cc12.Cl. The maximum Gasteiger partial charge on any atom is 0.287 e. The van der Waals surface area contributed by atoms with Gasteiger partial charge in [-0.25, -0.2) is 0 Å². The van der Waals surface area contributed by atoms with Crippen LogP contribution in [0.5, 0.6) is 0 Å². The molecule has 2 saturated carbocycles. The monoisotopic (exact) mass is 382 g/mol. The molecule has 2 bridgehead atoms. The van der Waals surface area contributed by atoms with Crippen molar-refractivity contribution in [3.05, 3.63) is 34.5 Å². The summed E-state index contributed by atoms with van der Waals surface area (Å²) in [5, 5.41) is 4.80. The first-order valence-corrected chi connectivity index (χ1v) is 9.16. The molecular weight excluding hydrogens is 359 g/mol. The average Bonchev–Trinajstić information content (AvgIpc) is 2.85. The van der Waals surface area contributed by atoms with Gasteiger partial charge >= 0.3 is 0 Å². The van der Waals surface area contributed by atoms with Crippen LogP contribution in [0.25, 0.3) is 11.0 Å². The fourth-order valence-corrected chi connectivity index (χ4v) is 4.82. The van der Waals surface area contributed by atoms with E-state index in [-0.39, 0.29) is 30.4 Å². The molecule has 25 heavy (non-hydrogen) atoms. The number of amides is 1. The molecule has 1 aromatic carbocycles. The van der Waals surface area contributed by atoms with Crippen LogP contribution < -0.4 is 11.1 Å². The molecule has 2 aliphatic carbocycles. The van der Waals surface area contributed by atoms with E-state index < -0.39 is 0 Å². The Morgan fingerprint density at radius 3 is 2.64 bits per heavy atom. The van der Waals surface area contributed by atoms with Gasteiger partial charge in [0, 0.05) is 28.1 Å². The van der Waals surface area contributed by atoms with E-state index >= 15 is 0 Å². The molecule has 2 aromatic rings. The fourth-order valence-electron chi connectivity index (χ4n) is 4.65. The molecular formula is C19H24Cl2N2O2.